The third-order valence-corrected chi connectivity index (χ3v) is 3.04. The average Bonchev–Trinajstić information content (AvgIpc) is 3.04. The SMILES string of the molecule is O=C(Cc1ccccc1)OCc1nnc(-c2ccccc2)o1. The molecule has 0 atom stereocenters. The number of carbonyl (C=O) groups is 1. The van der Waals surface area contributed by atoms with E-state index in [0.29, 0.717) is 5.89 Å². The molecule has 0 aliphatic heterocycles. The smallest absolute Gasteiger partial charge is 0.310 e. The van der Waals surface area contributed by atoms with Crippen molar-refractivity contribution >= 4 is 5.97 Å². The van der Waals surface area contributed by atoms with Gasteiger partial charge >= 0.3 is 5.97 Å². The van der Waals surface area contributed by atoms with Gasteiger partial charge in [-0.1, -0.05) is 48.5 Å². The lowest BCUT2D eigenvalue weighted by molar-refractivity contribution is -0.144. The van der Waals surface area contributed by atoms with Crippen LogP contribution in [0.15, 0.2) is 65.1 Å². The Hall–Kier alpha value is -2.95. The van der Waals surface area contributed by atoms with Crippen molar-refractivity contribution in [1.29, 1.82) is 0 Å². The van der Waals surface area contributed by atoms with E-state index in [1.165, 1.54) is 0 Å². The molecule has 0 amide bonds. The molecule has 22 heavy (non-hydrogen) atoms. The minimum Gasteiger partial charge on any atom is -0.455 e. The Morgan fingerprint density at radius 1 is 0.955 bits per heavy atom. The number of esters is 1. The van der Waals surface area contributed by atoms with Crippen LogP contribution in [-0.4, -0.2) is 16.2 Å². The highest BCUT2D eigenvalue weighted by Gasteiger charge is 2.11. The summed E-state index contributed by atoms with van der Waals surface area (Å²) in [4.78, 5) is 11.8. The Bertz CT molecular complexity index is 739. The minimum absolute atomic E-state index is 0.0223. The molecule has 0 aliphatic rings. The summed E-state index contributed by atoms with van der Waals surface area (Å²) in [6.45, 7) is -0.0223. The van der Waals surface area contributed by atoms with Crippen LogP contribution in [0.2, 0.25) is 0 Å². The van der Waals surface area contributed by atoms with E-state index in [0.717, 1.165) is 11.1 Å². The van der Waals surface area contributed by atoms with Crippen LogP contribution in [0.1, 0.15) is 11.5 Å². The van der Waals surface area contributed by atoms with E-state index in [-0.39, 0.29) is 24.9 Å². The Balaban J connectivity index is 1.56. The van der Waals surface area contributed by atoms with Crippen LogP contribution in [0.4, 0.5) is 0 Å². The zero-order valence-corrected chi connectivity index (χ0v) is 11.8. The summed E-state index contributed by atoms with van der Waals surface area (Å²) in [5.41, 5.74) is 1.74. The van der Waals surface area contributed by atoms with Gasteiger partial charge in [0.2, 0.25) is 5.89 Å². The van der Waals surface area contributed by atoms with Gasteiger partial charge in [-0.25, -0.2) is 0 Å². The van der Waals surface area contributed by atoms with Gasteiger partial charge in [0.25, 0.3) is 5.89 Å². The van der Waals surface area contributed by atoms with Gasteiger partial charge in [0, 0.05) is 5.56 Å². The zero-order chi connectivity index (χ0) is 15.2. The molecule has 0 saturated carbocycles. The van der Waals surface area contributed by atoms with E-state index >= 15 is 0 Å². The van der Waals surface area contributed by atoms with Crippen LogP contribution in [0.3, 0.4) is 0 Å². The lowest BCUT2D eigenvalue weighted by atomic mass is 10.2. The van der Waals surface area contributed by atoms with Crippen LogP contribution < -0.4 is 0 Å². The molecule has 2 aromatic carbocycles. The van der Waals surface area contributed by atoms with Gasteiger partial charge in [-0.3, -0.25) is 4.79 Å². The van der Waals surface area contributed by atoms with Gasteiger partial charge < -0.3 is 9.15 Å². The van der Waals surface area contributed by atoms with Crippen molar-refractivity contribution in [2.75, 3.05) is 0 Å². The number of benzene rings is 2. The summed E-state index contributed by atoms with van der Waals surface area (Å²) in [6, 6.07) is 18.8. The molecule has 0 N–H and O–H groups in total. The lowest BCUT2D eigenvalue weighted by Gasteiger charge is -2.02. The predicted molar refractivity (Wildman–Crippen MR) is 79.7 cm³/mol. The van der Waals surface area contributed by atoms with Gasteiger partial charge in [-0.05, 0) is 17.7 Å². The molecule has 0 fully saturated rings. The van der Waals surface area contributed by atoms with Crippen molar-refractivity contribution in [2.24, 2.45) is 0 Å². The maximum Gasteiger partial charge on any atom is 0.310 e. The molecule has 5 heteroatoms. The first-order chi connectivity index (χ1) is 10.8. The standard InChI is InChI=1S/C17H14N2O3/c20-16(11-13-7-3-1-4-8-13)21-12-15-18-19-17(22-15)14-9-5-2-6-10-14/h1-10H,11-12H2. The maximum absolute atomic E-state index is 11.8. The van der Waals surface area contributed by atoms with Crippen LogP contribution in [0, 0.1) is 0 Å². The normalized spacial score (nSPS) is 10.4. The van der Waals surface area contributed by atoms with E-state index < -0.39 is 0 Å². The summed E-state index contributed by atoms with van der Waals surface area (Å²) in [5.74, 6) is 0.362. The van der Waals surface area contributed by atoms with E-state index in [9.17, 15) is 4.79 Å². The second kappa shape index (κ2) is 6.67. The number of carbonyl (C=O) groups excluding carboxylic acids is 1. The van der Waals surface area contributed by atoms with Gasteiger partial charge in [0.15, 0.2) is 6.61 Å². The number of ether oxygens (including phenoxy) is 1. The van der Waals surface area contributed by atoms with Crippen molar-refractivity contribution < 1.29 is 13.9 Å². The highest BCUT2D eigenvalue weighted by Crippen LogP contribution is 2.17. The summed E-state index contributed by atoms with van der Waals surface area (Å²) in [7, 11) is 0. The summed E-state index contributed by atoms with van der Waals surface area (Å²) in [6.07, 6.45) is 0.223. The van der Waals surface area contributed by atoms with E-state index in [1.54, 1.807) is 0 Å². The Morgan fingerprint density at radius 2 is 1.64 bits per heavy atom. The molecular weight excluding hydrogens is 280 g/mol. The summed E-state index contributed by atoms with van der Waals surface area (Å²) >= 11 is 0. The fourth-order valence-corrected chi connectivity index (χ4v) is 1.97. The second-order valence-electron chi connectivity index (χ2n) is 4.69. The Morgan fingerprint density at radius 3 is 2.36 bits per heavy atom. The molecular formula is C17H14N2O3. The first-order valence-electron chi connectivity index (χ1n) is 6.88. The van der Waals surface area contributed by atoms with Gasteiger partial charge in [0.1, 0.15) is 0 Å². The van der Waals surface area contributed by atoms with E-state index in [1.807, 2.05) is 60.7 Å². The van der Waals surface area contributed by atoms with Crippen LogP contribution in [-0.2, 0) is 22.6 Å². The lowest BCUT2D eigenvalue weighted by Crippen LogP contribution is -2.08. The molecule has 3 aromatic rings. The van der Waals surface area contributed by atoms with Gasteiger partial charge in [-0.2, -0.15) is 0 Å². The number of nitrogens with zero attached hydrogens (tertiary/aromatic N) is 2. The minimum atomic E-state index is -0.328. The third-order valence-electron chi connectivity index (χ3n) is 3.04. The number of aromatic nitrogens is 2. The van der Waals surface area contributed by atoms with Gasteiger partial charge in [0.05, 0.1) is 6.42 Å². The summed E-state index contributed by atoms with van der Waals surface area (Å²) in [5, 5.41) is 7.82. The Labute approximate surface area is 127 Å². The fraction of sp³-hybridized carbons (Fsp3) is 0.118. The quantitative estimate of drug-likeness (QED) is 0.677. The predicted octanol–water partition coefficient (Wildman–Crippen LogP) is 3.02. The van der Waals surface area contributed by atoms with Crippen molar-refractivity contribution in [2.45, 2.75) is 13.0 Å². The molecule has 0 bridgehead atoms. The number of hydrogen-bond acceptors (Lipinski definition) is 5. The molecule has 3 rings (SSSR count). The van der Waals surface area contributed by atoms with Crippen LogP contribution >= 0.6 is 0 Å². The molecule has 0 spiro atoms. The highest BCUT2D eigenvalue weighted by atomic mass is 16.5. The summed E-state index contributed by atoms with van der Waals surface area (Å²) < 4.78 is 10.6. The molecule has 0 radical (unpaired) electrons. The highest BCUT2D eigenvalue weighted by molar-refractivity contribution is 5.72. The van der Waals surface area contributed by atoms with Crippen molar-refractivity contribution in [3.63, 3.8) is 0 Å². The zero-order valence-electron chi connectivity index (χ0n) is 11.8. The molecule has 110 valence electrons. The fourth-order valence-electron chi connectivity index (χ4n) is 1.97. The van der Waals surface area contributed by atoms with Crippen molar-refractivity contribution in [1.82, 2.24) is 10.2 Å². The van der Waals surface area contributed by atoms with Gasteiger partial charge in [-0.15, -0.1) is 10.2 Å². The van der Waals surface area contributed by atoms with E-state index in [2.05, 4.69) is 10.2 Å². The Kier molecular flexibility index (Phi) is 4.25. The maximum atomic E-state index is 11.8. The molecule has 0 unspecified atom stereocenters. The molecule has 5 nitrogen and oxygen atoms in total. The molecule has 0 saturated heterocycles. The average molecular weight is 294 g/mol. The topological polar surface area (TPSA) is 65.2 Å². The first-order valence-corrected chi connectivity index (χ1v) is 6.88. The molecule has 0 aliphatic carbocycles. The van der Waals surface area contributed by atoms with E-state index in [4.69, 9.17) is 9.15 Å². The largest absolute Gasteiger partial charge is 0.455 e. The van der Waals surface area contributed by atoms with Crippen LogP contribution in [0.5, 0.6) is 0 Å². The van der Waals surface area contributed by atoms with Crippen molar-refractivity contribution in [3.8, 4) is 11.5 Å². The van der Waals surface area contributed by atoms with Crippen molar-refractivity contribution in [3.05, 3.63) is 72.1 Å². The molecule has 1 aromatic heterocycles. The third kappa shape index (κ3) is 3.58. The molecule has 1 heterocycles. The number of hydrogen-bond donors (Lipinski definition) is 0. The number of rotatable bonds is 5. The first kappa shape index (κ1) is 14.0. The monoisotopic (exact) mass is 294 g/mol. The second-order valence-corrected chi connectivity index (χ2v) is 4.69. The van der Waals surface area contributed by atoms with Crippen LogP contribution in [0.25, 0.3) is 11.5 Å².